The van der Waals surface area contributed by atoms with Crippen LogP contribution in [0.5, 0.6) is 5.75 Å². The lowest BCUT2D eigenvalue weighted by Crippen LogP contribution is -2.11. The van der Waals surface area contributed by atoms with Crippen molar-refractivity contribution in [2.24, 2.45) is 5.73 Å². The fourth-order valence-corrected chi connectivity index (χ4v) is 1.29. The van der Waals surface area contributed by atoms with Crippen molar-refractivity contribution in [1.29, 1.82) is 0 Å². The minimum absolute atomic E-state index is 0.103. The smallest absolute Gasteiger partial charge is 0.253 e. The molecule has 0 atom stereocenters. The Morgan fingerprint density at radius 2 is 2.15 bits per heavy atom. The van der Waals surface area contributed by atoms with Crippen LogP contribution in [0.1, 0.15) is 10.4 Å². The number of furan rings is 1. The summed E-state index contributed by atoms with van der Waals surface area (Å²) in [7, 11) is 0. The fraction of sp³-hybridized carbons (Fsp3) is 0. The van der Waals surface area contributed by atoms with Gasteiger partial charge in [0.2, 0.25) is 0 Å². The van der Waals surface area contributed by atoms with Gasteiger partial charge in [-0.3, -0.25) is 4.79 Å². The van der Waals surface area contributed by atoms with Crippen LogP contribution in [-0.4, -0.2) is 11.0 Å². The van der Waals surface area contributed by atoms with Gasteiger partial charge >= 0.3 is 0 Å². The number of primary amides is 1. The van der Waals surface area contributed by atoms with E-state index < -0.39 is 5.91 Å². The van der Waals surface area contributed by atoms with Crippen LogP contribution in [0.4, 0.5) is 0 Å². The molecule has 2 aromatic rings. The normalized spacial score (nSPS) is 10.5. The number of carbonyl (C=O) groups is 1. The van der Waals surface area contributed by atoms with Crippen LogP contribution < -0.4 is 5.73 Å². The van der Waals surface area contributed by atoms with Crippen molar-refractivity contribution in [2.45, 2.75) is 0 Å². The first kappa shape index (κ1) is 7.67. The Labute approximate surface area is 73.6 Å². The molecule has 13 heavy (non-hydrogen) atoms. The Bertz CT molecular complexity index is 473. The molecule has 66 valence electrons. The molecule has 1 aromatic heterocycles. The topological polar surface area (TPSA) is 76.5 Å². The Kier molecular flexibility index (Phi) is 1.48. The zero-order chi connectivity index (χ0) is 9.42. The highest BCUT2D eigenvalue weighted by atomic mass is 16.3. The largest absolute Gasteiger partial charge is 0.507 e. The van der Waals surface area contributed by atoms with E-state index in [1.54, 1.807) is 12.1 Å². The molecule has 0 aliphatic heterocycles. The summed E-state index contributed by atoms with van der Waals surface area (Å²) in [6.07, 6.45) is 1.44. The van der Waals surface area contributed by atoms with Crippen molar-refractivity contribution >= 4 is 16.9 Å². The number of phenols is 1. The van der Waals surface area contributed by atoms with Gasteiger partial charge < -0.3 is 15.3 Å². The maximum Gasteiger partial charge on any atom is 0.253 e. The first-order valence-electron chi connectivity index (χ1n) is 3.69. The van der Waals surface area contributed by atoms with Crippen molar-refractivity contribution in [3.63, 3.8) is 0 Å². The summed E-state index contributed by atoms with van der Waals surface area (Å²) >= 11 is 0. The molecule has 0 saturated carbocycles. The van der Waals surface area contributed by atoms with Crippen LogP contribution in [0.3, 0.4) is 0 Å². The molecule has 1 heterocycles. The number of carbonyl (C=O) groups excluding carboxylic acids is 1. The molecule has 2 rings (SSSR count). The Balaban J connectivity index is 2.88. The molecule has 4 heteroatoms. The third kappa shape index (κ3) is 1.03. The number of aromatic hydroxyl groups is 1. The lowest BCUT2D eigenvalue weighted by molar-refractivity contribution is 0.0999. The molecule has 0 spiro atoms. The van der Waals surface area contributed by atoms with E-state index in [2.05, 4.69) is 0 Å². The molecule has 0 aliphatic rings. The molecule has 1 amide bonds. The van der Waals surface area contributed by atoms with E-state index in [1.165, 1.54) is 12.3 Å². The van der Waals surface area contributed by atoms with Gasteiger partial charge in [-0.2, -0.15) is 0 Å². The second kappa shape index (κ2) is 2.52. The standard InChI is InChI=1S/C9H7NO3/c10-9(12)8-5-3-4-13-7(5)2-1-6(8)11/h1-4,11H,(H2,10,12). The summed E-state index contributed by atoms with van der Waals surface area (Å²) in [5.41, 5.74) is 5.74. The summed E-state index contributed by atoms with van der Waals surface area (Å²) in [5.74, 6) is -0.786. The van der Waals surface area contributed by atoms with Gasteiger partial charge in [0, 0.05) is 5.39 Å². The van der Waals surface area contributed by atoms with E-state index >= 15 is 0 Å². The Morgan fingerprint density at radius 1 is 1.38 bits per heavy atom. The second-order valence-corrected chi connectivity index (χ2v) is 2.66. The maximum atomic E-state index is 11.0. The predicted molar refractivity (Wildman–Crippen MR) is 46.4 cm³/mol. The molecule has 3 N–H and O–H groups in total. The summed E-state index contributed by atoms with van der Waals surface area (Å²) < 4.78 is 5.04. The minimum Gasteiger partial charge on any atom is -0.507 e. The number of benzene rings is 1. The zero-order valence-electron chi connectivity index (χ0n) is 6.65. The average Bonchev–Trinajstić information content (AvgIpc) is 2.50. The summed E-state index contributed by atoms with van der Waals surface area (Å²) in [6.45, 7) is 0. The summed E-state index contributed by atoms with van der Waals surface area (Å²) in [5, 5.41) is 9.89. The maximum absolute atomic E-state index is 11.0. The third-order valence-corrected chi connectivity index (χ3v) is 1.86. The van der Waals surface area contributed by atoms with Crippen molar-refractivity contribution in [2.75, 3.05) is 0 Å². The highest BCUT2D eigenvalue weighted by Gasteiger charge is 2.13. The monoisotopic (exact) mass is 177 g/mol. The van der Waals surface area contributed by atoms with Crippen molar-refractivity contribution in [3.8, 4) is 5.75 Å². The van der Waals surface area contributed by atoms with Crippen molar-refractivity contribution < 1.29 is 14.3 Å². The highest BCUT2D eigenvalue weighted by Crippen LogP contribution is 2.27. The molecule has 0 fully saturated rings. The van der Waals surface area contributed by atoms with E-state index in [0.29, 0.717) is 11.0 Å². The van der Waals surface area contributed by atoms with E-state index in [0.717, 1.165) is 0 Å². The lowest BCUT2D eigenvalue weighted by atomic mass is 10.1. The van der Waals surface area contributed by atoms with E-state index in [9.17, 15) is 9.90 Å². The molecular formula is C9H7NO3. The predicted octanol–water partition coefficient (Wildman–Crippen LogP) is 1.24. The molecule has 1 aromatic carbocycles. The van der Waals surface area contributed by atoms with Gasteiger partial charge in [0.05, 0.1) is 11.8 Å². The molecule has 0 bridgehead atoms. The number of nitrogens with two attached hydrogens (primary N) is 1. The molecular weight excluding hydrogens is 170 g/mol. The van der Waals surface area contributed by atoms with Crippen LogP contribution in [-0.2, 0) is 0 Å². The summed E-state index contributed by atoms with van der Waals surface area (Å²) in [4.78, 5) is 11.0. The summed E-state index contributed by atoms with van der Waals surface area (Å²) in [6, 6.07) is 4.55. The highest BCUT2D eigenvalue weighted by molar-refractivity contribution is 6.07. The van der Waals surface area contributed by atoms with Crippen molar-refractivity contribution in [3.05, 3.63) is 30.0 Å². The van der Waals surface area contributed by atoms with Crippen LogP contribution in [0.2, 0.25) is 0 Å². The van der Waals surface area contributed by atoms with Gasteiger partial charge in [0.25, 0.3) is 5.91 Å². The molecule has 4 nitrogen and oxygen atoms in total. The average molecular weight is 177 g/mol. The van der Waals surface area contributed by atoms with Gasteiger partial charge in [-0.25, -0.2) is 0 Å². The molecule has 0 radical (unpaired) electrons. The lowest BCUT2D eigenvalue weighted by Gasteiger charge is -1.99. The van der Waals surface area contributed by atoms with Gasteiger partial charge in [-0.15, -0.1) is 0 Å². The SMILES string of the molecule is NC(=O)c1c(O)ccc2occc12. The number of hydrogen-bond acceptors (Lipinski definition) is 3. The van der Waals surface area contributed by atoms with E-state index in [4.69, 9.17) is 10.2 Å². The number of rotatable bonds is 1. The second-order valence-electron chi connectivity index (χ2n) is 2.66. The van der Waals surface area contributed by atoms with E-state index in [1.807, 2.05) is 0 Å². The van der Waals surface area contributed by atoms with Crippen LogP contribution in [0.25, 0.3) is 11.0 Å². The zero-order valence-corrected chi connectivity index (χ0v) is 6.65. The Morgan fingerprint density at radius 3 is 2.85 bits per heavy atom. The van der Waals surface area contributed by atoms with Crippen LogP contribution in [0, 0.1) is 0 Å². The quantitative estimate of drug-likeness (QED) is 0.687. The molecule has 0 unspecified atom stereocenters. The Hall–Kier alpha value is -1.97. The molecule has 0 aliphatic carbocycles. The van der Waals surface area contributed by atoms with Crippen molar-refractivity contribution in [1.82, 2.24) is 0 Å². The fourth-order valence-electron chi connectivity index (χ4n) is 1.29. The van der Waals surface area contributed by atoms with Gasteiger partial charge in [-0.05, 0) is 18.2 Å². The first-order valence-corrected chi connectivity index (χ1v) is 3.69. The van der Waals surface area contributed by atoms with Gasteiger partial charge in [0.1, 0.15) is 11.3 Å². The van der Waals surface area contributed by atoms with Gasteiger partial charge in [-0.1, -0.05) is 0 Å². The minimum atomic E-state index is -0.662. The van der Waals surface area contributed by atoms with Gasteiger partial charge in [0.15, 0.2) is 0 Å². The number of amides is 1. The first-order chi connectivity index (χ1) is 6.20. The number of hydrogen-bond donors (Lipinski definition) is 2. The van der Waals surface area contributed by atoms with Crippen LogP contribution in [0.15, 0.2) is 28.9 Å². The number of fused-ring (bicyclic) bond motifs is 1. The van der Waals surface area contributed by atoms with E-state index in [-0.39, 0.29) is 11.3 Å². The molecule has 0 saturated heterocycles. The van der Waals surface area contributed by atoms with Crippen LogP contribution >= 0.6 is 0 Å². The third-order valence-electron chi connectivity index (χ3n) is 1.86.